The van der Waals surface area contributed by atoms with E-state index in [0.717, 1.165) is 11.8 Å². The van der Waals surface area contributed by atoms with Gasteiger partial charge in [-0.15, -0.1) is 0 Å². The number of hydrogen-bond donors (Lipinski definition) is 0. The zero-order valence-electron chi connectivity index (χ0n) is 15.6. The lowest BCUT2D eigenvalue weighted by molar-refractivity contribution is 0.400. The van der Waals surface area contributed by atoms with E-state index in [1.54, 1.807) is 0 Å². The van der Waals surface area contributed by atoms with Gasteiger partial charge in [0.2, 0.25) is 0 Å². The van der Waals surface area contributed by atoms with E-state index in [4.69, 9.17) is 0 Å². The van der Waals surface area contributed by atoms with Gasteiger partial charge in [-0.2, -0.15) is 0 Å². The van der Waals surface area contributed by atoms with E-state index >= 15 is 0 Å². The summed E-state index contributed by atoms with van der Waals surface area (Å²) >= 11 is 0. The molecular weight excluding hydrogens is 252 g/mol. The third-order valence-electron chi connectivity index (χ3n) is 4.72. The molecule has 0 saturated carbocycles. The van der Waals surface area contributed by atoms with Crippen LogP contribution in [0.15, 0.2) is 0 Å². The lowest BCUT2D eigenvalue weighted by atomic mass is 9.85. The van der Waals surface area contributed by atoms with Gasteiger partial charge in [0.05, 0.1) is 0 Å². The average molecular weight is 296 g/mol. The van der Waals surface area contributed by atoms with Gasteiger partial charge in [0.15, 0.2) is 0 Å². The van der Waals surface area contributed by atoms with E-state index < -0.39 is 0 Å². The first-order chi connectivity index (χ1) is 10.2. The second-order valence-electron chi connectivity index (χ2n) is 7.12. The molecule has 0 amide bonds. The highest BCUT2D eigenvalue weighted by Crippen LogP contribution is 2.26. The number of rotatable bonds is 16. The SMILES string of the molecule is CCCCCCC(C)[CH]C(CCCCC)CCCCCC. The molecule has 0 fully saturated rings. The lowest BCUT2D eigenvalue weighted by Crippen LogP contribution is -2.08. The van der Waals surface area contributed by atoms with Gasteiger partial charge in [0.1, 0.15) is 0 Å². The molecule has 0 aliphatic carbocycles. The molecule has 0 spiro atoms. The molecule has 0 saturated heterocycles. The summed E-state index contributed by atoms with van der Waals surface area (Å²) in [5.41, 5.74) is 0. The van der Waals surface area contributed by atoms with Crippen molar-refractivity contribution in [3.63, 3.8) is 0 Å². The van der Waals surface area contributed by atoms with Crippen molar-refractivity contribution in [1.82, 2.24) is 0 Å². The summed E-state index contributed by atoms with van der Waals surface area (Å²) in [7, 11) is 0. The fourth-order valence-electron chi connectivity index (χ4n) is 3.28. The predicted octanol–water partition coefficient (Wildman–Crippen LogP) is 7.96. The van der Waals surface area contributed by atoms with Gasteiger partial charge in [-0.3, -0.25) is 0 Å². The summed E-state index contributed by atoms with van der Waals surface area (Å²) in [6, 6.07) is 0. The van der Waals surface area contributed by atoms with Crippen LogP contribution in [0.1, 0.15) is 118 Å². The van der Waals surface area contributed by atoms with E-state index in [-0.39, 0.29) is 0 Å². The van der Waals surface area contributed by atoms with Gasteiger partial charge >= 0.3 is 0 Å². The Kier molecular flexibility index (Phi) is 16.4. The van der Waals surface area contributed by atoms with Crippen molar-refractivity contribution in [1.29, 1.82) is 0 Å². The van der Waals surface area contributed by atoms with Gasteiger partial charge in [-0.1, -0.05) is 118 Å². The zero-order chi connectivity index (χ0) is 15.8. The van der Waals surface area contributed by atoms with Crippen molar-refractivity contribution in [2.75, 3.05) is 0 Å². The molecule has 0 rings (SSSR count). The van der Waals surface area contributed by atoms with Crippen LogP contribution in [0, 0.1) is 18.3 Å². The minimum Gasteiger partial charge on any atom is -0.0654 e. The van der Waals surface area contributed by atoms with Crippen LogP contribution >= 0.6 is 0 Å². The molecule has 0 aromatic heterocycles. The molecule has 2 atom stereocenters. The first-order valence-electron chi connectivity index (χ1n) is 10.1. The highest BCUT2D eigenvalue weighted by molar-refractivity contribution is 4.81. The monoisotopic (exact) mass is 295 g/mol. The van der Waals surface area contributed by atoms with Crippen molar-refractivity contribution in [3.8, 4) is 0 Å². The average Bonchev–Trinajstić information content (AvgIpc) is 2.48. The van der Waals surface area contributed by atoms with Crippen LogP contribution < -0.4 is 0 Å². The van der Waals surface area contributed by atoms with Crippen LogP contribution in [-0.2, 0) is 0 Å². The Labute approximate surface area is 136 Å². The first kappa shape index (κ1) is 21.0. The van der Waals surface area contributed by atoms with Crippen LogP contribution in [0.3, 0.4) is 0 Å². The molecule has 0 aromatic carbocycles. The molecule has 0 aromatic rings. The molecule has 21 heavy (non-hydrogen) atoms. The summed E-state index contributed by atoms with van der Waals surface area (Å²) in [5.74, 6) is 1.73. The molecule has 0 nitrogen and oxygen atoms in total. The predicted molar refractivity (Wildman–Crippen MR) is 98.6 cm³/mol. The number of unbranched alkanes of at least 4 members (excludes halogenated alkanes) is 8. The Bertz CT molecular complexity index is 184. The standard InChI is InChI=1S/C21H43/c1-5-8-11-14-16-20(4)19-21(17-13-10-7-3)18-15-12-9-6-2/h19-21H,5-18H2,1-4H3. The van der Waals surface area contributed by atoms with Gasteiger partial charge in [0, 0.05) is 0 Å². The van der Waals surface area contributed by atoms with E-state index in [9.17, 15) is 0 Å². The van der Waals surface area contributed by atoms with Crippen LogP contribution in [0.25, 0.3) is 0 Å². The summed E-state index contributed by atoms with van der Waals surface area (Å²) in [6.07, 6.45) is 22.6. The van der Waals surface area contributed by atoms with E-state index in [1.807, 2.05) is 0 Å². The van der Waals surface area contributed by atoms with Gasteiger partial charge < -0.3 is 0 Å². The van der Waals surface area contributed by atoms with Crippen molar-refractivity contribution in [2.45, 2.75) is 118 Å². The minimum absolute atomic E-state index is 0.833. The van der Waals surface area contributed by atoms with E-state index in [1.165, 1.54) is 89.9 Å². The van der Waals surface area contributed by atoms with Gasteiger partial charge in [-0.25, -0.2) is 0 Å². The Morgan fingerprint density at radius 1 is 0.571 bits per heavy atom. The molecular formula is C21H43. The van der Waals surface area contributed by atoms with Gasteiger partial charge in [-0.05, 0) is 18.3 Å². The molecule has 0 heteroatoms. The number of hydrogen-bond acceptors (Lipinski definition) is 0. The fraction of sp³-hybridized carbons (Fsp3) is 0.952. The third kappa shape index (κ3) is 14.7. The second kappa shape index (κ2) is 16.4. The molecule has 1 radical (unpaired) electrons. The Hall–Kier alpha value is 0. The van der Waals surface area contributed by atoms with Crippen molar-refractivity contribution in [3.05, 3.63) is 6.42 Å². The normalized spacial score (nSPS) is 14.3. The second-order valence-corrected chi connectivity index (χ2v) is 7.12. The molecule has 0 bridgehead atoms. The summed E-state index contributed by atoms with van der Waals surface area (Å²) in [6.45, 7) is 9.37. The largest absolute Gasteiger partial charge is 0.0654 e. The molecule has 0 aliphatic rings. The van der Waals surface area contributed by atoms with Crippen molar-refractivity contribution in [2.24, 2.45) is 11.8 Å². The summed E-state index contributed by atoms with van der Waals surface area (Å²) in [5, 5.41) is 0. The summed E-state index contributed by atoms with van der Waals surface area (Å²) in [4.78, 5) is 0. The highest BCUT2D eigenvalue weighted by atomic mass is 14.2. The van der Waals surface area contributed by atoms with Crippen LogP contribution in [0.2, 0.25) is 0 Å². The third-order valence-corrected chi connectivity index (χ3v) is 4.72. The maximum absolute atomic E-state index is 2.72. The fourth-order valence-corrected chi connectivity index (χ4v) is 3.28. The lowest BCUT2D eigenvalue weighted by Gasteiger charge is -2.21. The Balaban J connectivity index is 3.87. The molecule has 2 unspecified atom stereocenters. The van der Waals surface area contributed by atoms with Crippen LogP contribution in [0.5, 0.6) is 0 Å². The minimum atomic E-state index is 0.833. The maximum atomic E-state index is 2.72. The molecule has 0 aliphatic heterocycles. The van der Waals surface area contributed by atoms with Crippen molar-refractivity contribution >= 4 is 0 Å². The van der Waals surface area contributed by atoms with E-state index in [0.29, 0.717) is 0 Å². The summed E-state index contributed by atoms with van der Waals surface area (Å²) < 4.78 is 0. The molecule has 0 heterocycles. The molecule has 0 N–H and O–H groups in total. The van der Waals surface area contributed by atoms with Crippen LogP contribution in [-0.4, -0.2) is 0 Å². The Morgan fingerprint density at radius 2 is 1.00 bits per heavy atom. The van der Waals surface area contributed by atoms with E-state index in [2.05, 4.69) is 34.1 Å². The quantitative estimate of drug-likeness (QED) is 0.253. The maximum Gasteiger partial charge on any atom is -0.0326 e. The zero-order valence-corrected chi connectivity index (χ0v) is 15.6. The van der Waals surface area contributed by atoms with Crippen molar-refractivity contribution < 1.29 is 0 Å². The Morgan fingerprint density at radius 3 is 1.52 bits per heavy atom. The highest BCUT2D eigenvalue weighted by Gasteiger charge is 2.13. The molecule has 127 valence electrons. The first-order valence-corrected chi connectivity index (χ1v) is 10.1. The topological polar surface area (TPSA) is 0 Å². The smallest absolute Gasteiger partial charge is 0.0326 e. The van der Waals surface area contributed by atoms with Crippen LogP contribution in [0.4, 0.5) is 0 Å². The van der Waals surface area contributed by atoms with Gasteiger partial charge in [0.25, 0.3) is 0 Å².